The molecule has 0 unspecified atom stereocenters. The van der Waals surface area contributed by atoms with Crippen LogP contribution >= 0.6 is 23.4 Å². The van der Waals surface area contributed by atoms with E-state index in [0.717, 1.165) is 0 Å². The van der Waals surface area contributed by atoms with E-state index < -0.39 is 11.5 Å². The Labute approximate surface area is 156 Å². The van der Waals surface area contributed by atoms with Crippen LogP contribution in [0.2, 0.25) is 5.02 Å². The molecule has 0 saturated carbocycles. The molecule has 7 heteroatoms. The molecule has 1 aliphatic heterocycles. The summed E-state index contributed by atoms with van der Waals surface area (Å²) in [6.45, 7) is 7.08. The molecular weight excluding hydrogens is 360 g/mol. The van der Waals surface area contributed by atoms with Crippen molar-refractivity contribution >= 4 is 46.6 Å². The van der Waals surface area contributed by atoms with Gasteiger partial charge in [0.15, 0.2) is 5.78 Å². The molecule has 2 rings (SSSR count). The first-order chi connectivity index (χ1) is 11.6. The molecule has 0 aliphatic carbocycles. The van der Waals surface area contributed by atoms with Crippen LogP contribution in [0.25, 0.3) is 0 Å². The largest absolute Gasteiger partial charge is 0.324 e. The Balaban J connectivity index is 2.18. The Kier molecular flexibility index (Phi) is 5.95. The van der Waals surface area contributed by atoms with Gasteiger partial charge in [-0.05, 0) is 25.1 Å². The van der Waals surface area contributed by atoms with Gasteiger partial charge in [-0.25, -0.2) is 0 Å². The van der Waals surface area contributed by atoms with Crippen LogP contribution in [0.3, 0.4) is 0 Å². The molecule has 5 nitrogen and oxygen atoms in total. The van der Waals surface area contributed by atoms with Gasteiger partial charge in [0, 0.05) is 22.2 Å². The van der Waals surface area contributed by atoms with Crippen molar-refractivity contribution in [1.29, 1.82) is 0 Å². The fraction of sp³-hybridized carbons (Fsp3) is 0.389. The van der Waals surface area contributed by atoms with Crippen LogP contribution in [0.5, 0.6) is 0 Å². The summed E-state index contributed by atoms with van der Waals surface area (Å²) in [7, 11) is 0. The molecule has 1 N–H and O–H groups in total. The lowest BCUT2D eigenvalue weighted by molar-refractivity contribution is -0.132. The predicted molar refractivity (Wildman–Crippen MR) is 101 cm³/mol. The summed E-state index contributed by atoms with van der Waals surface area (Å²) in [5, 5.41) is 3.77. The van der Waals surface area contributed by atoms with Crippen LogP contribution in [0, 0.1) is 5.41 Å². The SMILES string of the molecule is C[C@H](C(=O)Nc1cccc(Cl)c1)N1C(=O)CS/C1=C\C(=O)C(C)(C)C. The minimum atomic E-state index is -0.736. The highest BCUT2D eigenvalue weighted by Gasteiger charge is 2.35. The Morgan fingerprint density at radius 2 is 2.04 bits per heavy atom. The molecule has 0 aromatic heterocycles. The van der Waals surface area contributed by atoms with Gasteiger partial charge in [0.1, 0.15) is 6.04 Å². The standard InChI is InChI=1S/C18H21ClN2O3S/c1-11(17(24)20-13-7-5-6-12(19)8-13)21-15(23)10-25-16(21)9-14(22)18(2,3)4/h5-9,11H,10H2,1-4H3,(H,20,24)/b16-9-/t11-/m1/s1. The molecule has 1 atom stereocenters. The van der Waals surface area contributed by atoms with E-state index in [-0.39, 0.29) is 23.4 Å². The van der Waals surface area contributed by atoms with E-state index in [4.69, 9.17) is 11.6 Å². The zero-order valence-corrected chi connectivity index (χ0v) is 16.2. The summed E-state index contributed by atoms with van der Waals surface area (Å²) in [5.41, 5.74) is 0.0110. The number of carbonyl (C=O) groups is 3. The van der Waals surface area contributed by atoms with Crippen LogP contribution in [-0.4, -0.2) is 34.3 Å². The second kappa shape index (κ2) is 7.62. The number of amides is 2. The number of allylic oxidation sites excluding steroid dienone is 1. The van der Waals surface area contributed by atoms with Gasteiger partial charge >= 0.3 is 0 Å². The number of nitrogens with one attached hydrogen (secondary N) is 1. The number of thioether (sulfide) groups is 1. The third-order valence-electron chi connectivity index (χ3n) is 3.70. The predicted octanol–water partition coefficient (Wildman–Crippen LogP) is 3.70. The van der Waals surface area contributed by atoms with E-state index in [1.54, 1.807) is 31.2 Å². The summed E-state index contributed by atoms with van der Waals surface area (Å²) >= 11 is 7.19. The van der Waals surface area contributed by atoms with Crippen molar-refractivity contribution in [3.8, 4) is 0 Å². The topological polar surface area (TPSA) is 66.5 Å². The van der Waals surface area contributed by atoms with Crippen LogP contribution in [-0.2, 0) is 14.4 Å². The normalized spacial score (nSPS) is 17.7. The number of hydrogen-bond donors (Lipinski definition) is 1. The number of nitrogens with zero attached hydrogens (tertiary/aromatic N) is 1. The molecule has 0 bridgehead atoms. The molecular formula is C18H21ClN2O3S. The highest BCUT2D eigenvalue weighted by molar-refractivity contribution is 8.04. The lowest BCUT2D eigenvalue weighted by atomic mass is 9.91. The minimum Gasteiger partial charge on any atom is -0.324 e. The molecule has 134 valence electrons. The first-order valence-corrected chi connectivity index (χ1v) is 9.23. The van der Waals surface area contributed by atoms with Crippen LogP contribution in [0.4, 0.5) is 5.69 Å². The molecule has 1 saturated heterocycles. The summed E-state index contributed by atoms with van der Waals surface area (Å²) in [6.07, 6.45) is 1.46. The average Bonchev–Trinajstić information content (AvgIpc) is 2.86. The van der Waals surface area contributed by atoms with Crippen molar-refractivity contribution in [1.82, 2.24) is 4.90 Å². The number of anilines is 1. The van der Waals surface area contributed by atoms with Crippen LogP contribution in [0.1, 0.15) is 27.7 Å². The van der Waals surface area contributed by atoms with Crippen molar-refractivity contribution in [3.63, 3.8) is 0 Å². The molecule has 0 spiro atoms. The van der Waals surface area contributed by atoms with Gasteiger partial charge in [0.2, 0.25) is 11.8 Å². The Morgan fingerprint density at radius 3 is 2.64 bits per heavy atom. The maximum Gasteiger partial charge on any atom is 0.247 e. The van der Waals surface area contributed by atoms with Gasteiger partial charge < -0.3 is 5.32 Å². The lowest BCUT2D eigenvalue weighted by Crippen LogP contribution is -2.42. The van der Waals surface area contributed by atoms with Gasteiger partial charge in [-0.15, -0.1) is 0 Å². The molecule has 2 amide bonds. The van der Waals surface area contributed by atoms with E-state index in [2.05, 4.69) is 5.32 Å². The van der Waals surface area contributed by atoms with Gasteiger partial charge in [0.25, 0.3) is 0 Å². The third kappa shape index (κ3) is 4.86. The van der Waals surface area contributed by atoms with Crippen molar-refractivity contribution < 1.29 is 14.4 Å². The minimum absolute atomic E-state index is 0.0860. The fourth-order valence-corrected chi connectivity index (χ4v) is 3.36. The summed E-state index contributed by atoms with van der Waals surface area (Å²) in [5.74, 6) is -0.394. The number of hydrogen-bond acceptors (Lipinski definition) is 4. The van der Waals surface area contributed by atoms with E-state index in [9.17, 15) is 14.4 Å². The van der Waals surface area contributed by atoms with Crippen LogP contribution < -0.4 is 5.32 Å². The lowest BCUT2D eigenvalue weighted by Gasteiger charge is -2.25. The summed E-state index contributed by atoms with van der Waals surface area (Å²) in [6, 6.07) is 6.05. The maximum atomic E-state index is 12.5. The highest BCUT2D eigenvalue weighted by Crippen LogP contribution is 2.32. The smallest absolute Gasteiger partial charge is 0.247 e. The van der Waals surface area contributed by atoms with Crippen molar-refractivity contribution in [2.24, 2.45) is 5.41 Å². The van der Waals surface area contributed by atoms with E-state index in [1.165, 1.54) is 22.7 Å². The summed E-state index contributed by atoms with van der Waals surface area (Å²) < 4.78 is 0. The Bertz CT molecular complexity index is 740. The van der Waals surface area contributed by atoms with Gasteiger partial charge in [-0.1, -0.05) is 50.2 Å². The zero-order valence-electron chi connectivity index (χ0n) is 14.6. The van der Waals surface area contributed by atoms with E-state index in [1.807, 2.05) is 20.8 Å². The molecule has 25 heavy (non-hydrogen) atoms. The maximum absolute atomic E-state index is 12.5. The first kappa shape index (κ1) is 19.5. The summed E-state index contributed by atoms with van der Waals surface area (Å²) in [4.78, 5) is 38.4. The Morgan fingerprint density at radius 1 is 1.36 bits per heavy atom. The van der Waals surface area contributed by atoms with E-state index in [0.29, 0.717) is 15.7 Å². The third-order valence-corrected chi connectivity index (χ3v) is 4.94. The quantitative estimate of drug-likeness (QED) is 0.809. The fourth-order valence-electron chi connectivity index (χ4n) is 2.17. The molecule has 1 fully saturated rings. The highest BCUT2D eigenvalue weighted by atomic mass is 35.5. The molecule has 1 aromatic rings. The molecule has 1 heterocycles. The van der Waals surface area contributed by atoms with Crippen LogP contribution in [0.15, 0.2) is 35.4 Å². The zero-order chi connectivity index (χ0) is 18.8. The first-order valence-electron chi connectivity index (χ1n) is 7.87. The Hall–Kier alpha value is -1.79. The second-order valence-electron chi connectivity index (χ2n) is 6.82. The monoisotopic (exact) mass is 380 g/mol. The number of halogens is 1. The number of ketones is 1. The average molecular weight is 381 g/mol. The van der Waals surface area contributed by atoms with Crippen molar-refractivity contribution in [2.45, 2.75) is 33.7 Å². The van der Waals surface area contributed by atoms with Crippen molar-refractivity contribution in [2.75, 3.05) is 11.1 Å². The van der Waals surface area contributed by atoms with Crippen molar-refractivity contribution in [3.05, 3.63) is 40.4 Å². The van der Waals surface area contributed by atoms with Gasteiger partial charge in [0.05, 0.1) is 10.8 Å². The molecule has 1 aromatic carbocycles. The van der Waals surface area contributed by atoms with Gasteiger partial charge in [-0.2, -0.15) is 0 Å². The second-order valence-corrected chi connectivity index (χ2v) is 8.26. The molecule has 1 aliphatic rings. The number of benzene rings is 1. The molecule has 0 radical (unpaired) electrons. The number of carbonyl (C=O) groups excluding carboxylic acids is 3. The number of rotatable bonds is 4. The van der Waals surface area contributed by atoms with Gasteiger partial charge in [-0.3, -0.25) is 19.3 Å². The van der Waals surface area contributed by atoms with E-state index >= 15 is 0 Å².